The number of benzene rings is 1. The fourth-order valence-corrected chi connectivity index (χ4v) is 2.52. The molecule has 0 N–H and O–H groups in total. The van der Waals surface area contributed by atoms with Gasteiger partial charge in [-0.3, -0.25) is 0 Å². The molecule has 0 unspecified atom stereocenters. The van der Waals surface area contributed by atoms with Crippen molar-refractivity contribution >= 4 is 11.6 Å². The first-order valence-corrected chi connectivity index (χ1v) is 6.06. The van der Waals surface area contributed by atoms with E-state index in [1.807, 2.05) is 6.07 Å². The van der Waals surface area contributed by atoms with Crippen LogP contribution in [0.1, 0.15) is 37.2 Å². The average molecular weight is 243 g/mol. The van der Waals surface area contributed by atoms with Gasteiger partial charge in [0, 0.05) is 7.11 Å². The molecule has 3 heteroatoms. The summed E-state index contributed by atoms with van der Waals surface area (Å²) in [5, 5.41) is 0.203. The Hall–Kier alpha value is -0.600. The van der Waals surface area contributed by atoms with E-state index in [1.54, 1.807) is 19.2 Å². The molecule has 0 aromatic heterocycles. The van der Waals surface area contributed by atoms with Crippen molar-refractivity contribution in [1.82, 2.24) is 0 Å². The van der Waals surface area contributed by atoms with Crippen LogP contribution >= 0.6 is 11.6 Å². The SMILES string of the molecule is COC1CCC(c2ccc(Cl)c(F)c2)CC1. The Labute approximate surface area is 101 Å². The van der Waals surface area contributed by atoms with Crippen LogP contribution in [0.4, 0.5) is 4.39 Å². The highest BCUT2D eigenvalue weighted by Gasteiger charge is 2.22. The molecule has 0 aliphatic heterocycles. The lowest BCUT2D eigenvalue weighted by molar-refractivity contribution is 0.0658. The molecule has 1 aliphatic rings. The lowest BCUT2D eigenvalue weighted by Gasteiger charge is -2.27. The highest BCUT2D eigenvalue weighted by atomic mass is 35.5. The molecule has 1 aromatic carbocycles. The van der Waals surface area contributed by atoms with Crippen molar-refractivity contribution in [2.24, 2.45) is 0 Å². The zero-order valence-corrected chi connectivity index (χ0v) is 10.1. The van der Waals surface area contributed by atoms with Crippen LogP contribution in [0.5, 0.6) is 0 Å². The van der Waals surface area contributed by atoms with E-state index in [0.717, 1.165) is 31.2 Å². The summed E-state index contributed by atoms with van der Waals surface area (Å²) in [6.07, 6.45) is 4.64. The number of rotatable bonds is 2. The fraction of sp³-hybridized carbons (Fsp3) is 0.538. The van der Waals surface area contributed by atoms with Gasteiger partial charge in [-0.15, -0.1) is 0 Å². The van der Waals surface area contributed by atoms with Gasteiger partial charge < -0.3 is 4.74 Å². The third-order valence-corrected chi connectivity index (χ3v) is 3.73. The molecule has 16 heavy (non-hydrogen) atoms. The van der Waals surface area contributed by atoms with Crippen molar-refractivity contribution in [1.29, 1.82) is 0 Å². The molecule has 1 aromatic rings. The predicted octanol–water partition coefficient (Wildman–Crippen LogP) is 4.15. The van der Waals surface area contributed by atoms with Crippen LogP contribution in [0.3, 0.4) is 0 Å². The van der Waals surface area contributed by atoms with E-state index < -0.39 is 0 Å². The van der Waals surface area contributed by atoms with Gasteiger partial charge in [-0.2, -0.15) is 0 Å². The van der Waals surface area contributed by atoms with E-state index in [0.29, 0.717) is 12.0 Å². The molecule has 1 aliphatic carbocycles. The number of hydrogen-bond donors (Lipinski definition) is 0. The second kappa shape index (κ2) is 5.15. The maximum Gasteiger partial charge on any atom is 0.142 e. The van der Waals surface area contributed by atoms with Crippen molar-refractivity contribution in [3.63, 3.8) is 0 Å². The molecule has 0 amide bonds. The zero-order chi connectivity index (χ0) is 11.5. The quantitative estimate of drug-likeness (QED) is 0.757. The van der Waals surface area contributed by atoms with Crippen LogP contribution in [0.2, 0.25) is 5.02 Å². The van der Waals surface area contributed by atoms with Crippen LogP contribution in [0.25, 0.3) is 0 Å². The van der Waals surface area contributed by atoms with Crippen molar-refractivity contribution in [2.45, 2.75) is 37.7 Å². The first-order valence-electron chi connectivity index (χ1n) is 5.68. The topological polar surface area (TPSA) is 9.23 Å². The maximum atomic E-state index is 13.3. The smallest absolute Gasteiger partial charge is 0.142 e. The van der Waals surface area contributed by atoms with Crippen molar-refractivity contribution < 1.29 is 9.13 Å². The van der Waals surface area contributed by atoms with Crippen LogP contribution in [-0.2, 0) is 4.74 Å². The van der Waals surface area contributed by atoms with Crippen molar-refractivity contribution in [2.75, 3.05) is 7.11 Å². The summed E-state index contributed by atoms with van der Waals surface area (Å²) in [7, 11) is 1.76. The van der Waals surface area contributed by atoms with Gasteiger partial charge in [0.1, 0.15) is 5.82 Å². The summed E-state index contributed by atoms with van der Waals surface area (Å²) in [5.74, 6) is 0.145. The highest BCUT2D eigenvalue weighted by Crippen LogP contribution is 2.34. The molecule has 0 atom stereocenters. The molecule has 0 radical (unpaired) electrons. The van der Waals surface area contributed by atoms with Gasteiger partial charge in [0.15, 0.2) is 0 Å². The molecule has 0 saturated heterocycles. The van der Waals surface area contributed by atoms with E-state index in [9.17, 15) is 4.39 Å². The minimum absolute atomic E-state index is 0.203. The second-order valence-electron chi connectivity index (χ2n) is 4.38. The summed E-state index contributed by atoms with van der Waals surface area (Å²) in [6, 6.07) is 5.15. The number of methoxy groups -OCH3 is 1. The third-order valence-electron chi connectivity index (χ3n) is 3.42. The lowest BCUT2D eigenvalue weighted by Crippen LogP contribution is -2.19. The average Bonchev–Trinajstić information content (AvgIpc) is 2.33. The van der Waals surface area contributed by atoms with E-state index in [1.165, 1.54) is 0 Å². The van der Waals surface area contributed by atoms with Gasteiger partial charge in [-0.25, -0.2) is 4.39 Å². The minimum atomic E-state index is -0.312. The standard InChI is InChI=1S/C13H16ClFO/c1-16-11-5-2-9(3-6-11)10-4-7-12(14)13(15)8-10/h4,7-9,11H,2-3,5-6H2,1H3. The van der Waals surface area contributed by atoms with Crippen LogP contribution in [0.15, 0.2) is 18.2 Å². The molecule has 0 heterocycles. The molecule has 1 nitrogen and oxygen atoms in total. The Morgan fingerprint density at radius 3 is 2.50 bits per heavy atom. The van der Waals surface area contributed by atoms with Gasteiger partial charge in [0.2, 0.25) is 0 Å². The Morgan fingerprint density at radius 2 is 1.94 bits per heavy atom. The number of hydrogen-bond acceptors (Lipinski definition) is 1. The molecule has 1 fully saturated rings. The second-order valence-corrected chi connectivity index (χ2v) is 4.79. The van der Waals surface area contributed by atoms with Crippen LogP contribution in [-0.4, -0.2) is 13.2 Å². The highest BCUT2D eigenvalue weighted by molar-refractivity contribution is 6.30. The summed E-state index contributed by atoms with van der Waals surface area (Å²) in [4.78, 5) is 0. The van der Waals surface area contributed by atoms with Crippen LogP contribution < -0.4 is 0 Å². The zero-order valence-electron chi connectivity index (χ0n) is 9.38. The van der Waals surface area contributed by atoms with Crippen molar-refractivity contribution in [3.05, 3.63) is 34.6 Å². The molecule has 2 rings (SSSR count). The van der Waals surface area contributed by atoms with Gasteiger partial charge in [0.05, 0.1) is 11.1 Å². The van der Waals surface area contributed by atoms with Gasteiger partial charge in [-0.1, -0.05) is 17.7 Å². The normalized spacial score (nSPS) is 25.7. The van der Waals surface area contributed by atoms with Gasteiger partial charge in [0.25, 0.3) is 0 Å². The maximum absolute atomic E-state index is 13.3. The Kier molecular flexibility index (Phi) is 3.82. The van der Waals surface area contributed by atoms with Gasteiger partial charge in [-0.05, 0) is 49.3 Å². The Morgan fingerprint density at radius 1 is 1.25 bits per heavy atom. The largest absolute Gasteiger partial charge is 0.381 e. The third kappa shape index (κ3) is 2.55. The molecular weight excluding hydrogens is 227 g/mol. The molecule has 88 valence electrons. The first-order chi connectivity index (χ1) is 7.70. The van der Waals surface area contributed by atoms with E-state index in [-0.39, 0.29) is 10.8 Å². The number of halogens is 2. The monoisotopic (exact) mass is 242 g/mol. The molecule has 0 spiro atoms. The predicted molar refractivity (Wildman–Crippen MR) is 63.4 cm³/mol. The van der Waals surface area contributed by atoms with E-state index in [4.69, 9.17) is 16.3 Å². The van der Waals surface area contributed by atoms with Gasteiger partial charge >= 0.3 is 0 Å². The lowest BCUT2D eigenvalue weighted by atomic mass is 9.83. The Balaban J connectivity index is 2.05. The summed E-state index contributed by atoms with van der Waals surface area (Å²) in [6.45, 7) is 0. The Bertz CT molecular complexity index is 359. The molecular formula is C13H16ClFO. The van der Waals surface area contributed by atoms with Crippen molar-refractivity contribution in [3.8, 4) is 0 Å². The number of ether oxygens (including phenoxy) is 1. The summed E-state index contributed by atoms with van der Waals surface area (Å²) >= 11 is 5.67. The summed E-state index contributed by atoms with van der Waals surface area (Å²) < 4.78 is 18.6. The fourth-order valence-electron chi connectivity index (χ4n) is 2.40. The first kappa shape index (κ1) is 11.9. The van der Waals surface area contributed by atoms with Crippen LogP contribution in [0, 0.1) is 5.82 Å². The molecule has 0 bridgehead atoms. The summed E-state index contributed by atoms with van der Waals surface area (Å²) in [5.41, 5.74) is 1.07. The minimum Gasteiger partial charge on any atom is -0.381 e. The van der Waals surface area contributed by atoms with E-state index in [2.05, 4.69) is 0 Å². The van der Waals surface area contributed by atoms with E-state index >= 15 is 0 Å². The molecule has 1 saturated carbocycles.